The third-order valence-corrected chi connectivity index (χ3v) is 5.30. The first-order valence-electron chi connectivity index (χ1n) is 10.3. The molecule has 1 amide bonds. The average Bonchev–Trinajstić information content (AvgIpc) is 3.26. The summed E-state index contributed by atoms with van der Waals surface area (Å²) in [5.41, 5.74) is 0.573. The van der Waals surface area contributed by atoms with Crippen molar-refractivity contribution in [1.82, 2.24) is 25.3 Å². The molecule has 0 unspecified atom stereocenters. The van der Waals surface area contributed by atoms with Gasteiger partial charge in [0, 0.05) is 30.7 Å². The van der Waals surface area contributed by atoms with Crippen LogP contribution in [0, 0.1) is 11.2 Å². The Morgan fingerprint density at radius 2 is 1.91 bits per heavy atom. The first-order chi connectivity index (χ1) is 16.6. The molecule has 12 heteroatoms. The number of carbonyl (C=O) groups is 1. The molecule has 3 heterocycles. The Balaban J connectivity index is 1.62. The fourth-order valence-electron chi connectivity index (χ4n) is 3.47. The van der Waals surface area contributed by atoms with Crippen LogP contribution in [0.15, 0.2) is 48.9 Å². The number of hydrogen-bond acceptors (Lipinski definition) is 6. The van der Waals surface area contributed by atoms with Gasteiger partial charge < -0.3 is 15.6 Å². The van der Waals surface area contributed by atoms with E-state index < -0.39 is 29.5 Å². The van der Waals surface area contributed by atoms with Crippen molar-refractivity contribution in [3.05, 3.63) is 82.8 Å². The number of carbonyl (C=O) groups excluding carboxylic acids is 1. The van der Waals surface area contributed by atoms with E-state index >= 15 is 0 Å². The van der Waals surface area contributed by atoms with Crippen molar-refractivity contribution in [2.75, 3.05) is 12.4 Å². The van der Waals surface area contributed by atoms with Crippen LogP contribution in [-0.2, 0) is 6.18 Å². The lowest BCUT2D eigenvalue weighted by Crippen LogP contribution is -2.27. The number of fused-ring (bicyclic) bond motifs is 1. The fourth-order valence-corrected chi connectivity index (χ4v) is 3.47. The Hall–Kier alpha value is -4.35. The van der Waals surface area contributed by atoms with Crippen LogP contribution in [0.4, 0.5) is 23.2 Å². The monoisotopic (exact) mass is 485 g/mol. The zero-order valence-corrected chi connectivity index (χ0v) is 18.5. The lowest BCUT2D eigenvalue weighted by Gasteiger charge is -2.15. The number of aromatic amines is 1. The maximum absolute atomic E-state index is 13.6. The number of amides is 1. The number of alkyl halides is 3. The SMILES string of the molecule is CNc1cc(F)ccc1C(=N)c1cnc2[nH]cc(C(=O)N[C@H](C)c3cc(C(F)(F)F)ccn3)c2n1. The molecule has 1 atom stereocenters. The minimum Gasteiger partial charge on any atom is -0.387 e. The Bertz CT molecular complexity index is 1430. The van der Waals surface area contributed by atoms with Crippen LogP contribution < -0.4 is 10.6 Å². The van der Waals surface area contributed by atoms with Gasteiger partial charge in [-0.1, -0.05) is 0 Å². The van der Waals surface area contributed by atoms with E-state index in [9.17, 15) is 22.4 Å². The molecule has 0 fully saturated rings. The molecule has 1 aromatic carbocycles. The minimum atomic E-state index is -4.54. The molecule has 180 valence electrons. The van der Waals surface area contributed by atoms with Gasteiger partial charge in [-0.15, -0.1) is 0 Å². The Morgan fingerprint density at radius 3 is 2.63 bits per heavy atom. The highest BCUT2D eigenvalue weighted by atomic mass is 19.4. The van der Waals surface area contributed by atoms with E-state index in [-0.39, 0.29) is 33.8 Å². The number of hydrogen-bond donors (Lipinski definition) is 4. The largest absolute Gasteiger partial charge is 0.416 e. The van der Waals surface area contributed by atoms with Crippen molar-refractivity contribution in [3.8, 4) is 0 Å². The van der Waals surface area contributed by atoms with E-state index in [0.717, 1.165) is 18.3 Å². The van der Waals surface area contributed by atoms with Crippen molar-refractivity contribution >= 4 is 28.5 Å². The Kier molecular flexibility index (Phi) is 6.20. The minimum absolute atomic E-state index is 0.0393. The molecule has 0 aliphatic carbocycles. The lowest BCUT2D eigenvalue weighted by atomic mass is 10.1. The second-order valence-electron chi connectivity index (χ2n) is 7.63. The number of benzene rings is 1. The summed E-state index contributed by atoms with van der Waals surface area (Å²) in [6.07, 6.45) is -0.783. The number of H-pyrrole nitrogens is 1. The van der Waals surface area contributed by atoms with Crippen molar-refractivity contribution in [1.29, 1.82) is 5.41 Å². The van der Waals surface area contributed by atoms with Crippen LogP contribution in [-0.4, -0.2) is 38.6 Å². The molecular formula is C23H19F4N7O. The quantitative estimate of drug-likeness (QED) is 0.238. The Morgan fingerprint density at radius 1 is 1.14 bits per heavy atom. The van der Waals surface area contributed by atoms with Crippen molar-refractivity contribution in [2.45, 2.75) is 19.1 Å². The number of rotatable bonds is 6. The van der Waals surface area contributed by atoms with E-state index in [1.54, 1.807) is 7.05 Å². The molecular weight excluding hydrogens is 466 g/mol. The number of nitrogens with zero attached hydrogens (tertiary/aromatic N) is 3. The van der Waals surface area contributed by atoms with Gasteiger partial charge in [-0.25, -0.2) is 14.4 Å². The van der Waals surface area contributed by atoms with Gasteiger partial charge in [0.2, 0.25) is 0 Å². The molecule has 0 radical (unpaired) electrons. The first kappa shape index (κ1) is 23.8. The number of nitrogens with one attached hydrogen (secondary N) is 4. The number of aromatic nitrogens is 4. The first-order valence-corrected chi connectivity index (χ1v) is 10.3. The van der Waals surface area contributed by atoms with E-state index in [1.807, 2.05) is 0 Å². The van der Waals surface area contributed by atoms with Crippen LogP contribution >= 0.6 is 0 Å². The molecule has 0 aliphatic rings. The summed E-state index contributed by atoms with van der Waals surface area (Å²) in [7, 11) is 1.59. The third kappa shape index (κ3) is 4.81. The van der Waals surface area contributed by atoms with Crippen LogP contribution in [0.25, 0.3) is 11.2 Å². The van der Waals surface area contributed by atoms with E-state index in [4.69, 9.17) is 5.41 Å². The molecule has 4 rings (SSSR count). The van der Waals surface area contributed by atoms with E-state index in [0.29, 0.717) is 11.3 Å². The number of anilines is 1. The second-order valence-corrected chi connectivity index (χ2v) is 7.63. The molecule has 4 aromatic rings. The topological polar surface area (TPSA) is 119 Å². The molecule has 35 heavy (non-hydrogen) atoms. The smallest absolute Gasteiger partial charge is 0.387 e. The number of pyridine rings is 1. The van der Waals surface area contributed by atoms with Crippen molar-refractivity contribution < 1.29 is 22.4 Å². The highest BCUT2D eigenvalue weighted by molar-refractivity contribution is 6.14. The van der Waals surface area contributed by atoms with E-state index in [1.165, 1.54) is 37.5 Å². The summed E-state index contributed by atoms with van der Waals surface area (Å²) in [5, 5.41) is 13.9. The molecule has 0 saturated heterocycles. The summed E-state index contributed by atoms with van der Waals surface area (Å²) in [5.74, 6) is -1.08. The standard InChI is InChI=1S/C23H19F4N7O/c1-11(16-7-12(5-6-30-16)23(25,26)27)33-22(35)15-9-31-21-20(15)34-18(10-32-21)19(28)14-4-3-13(24)8-17(14)29-2/h3-11,28-29H,1-2H3,(H,31,32)(H,33,35)/t11-/m1/s1. The summed E-state index contributed by atoms with van der Waals surface area (Å²) < 4.78 is 52.6. The zero-order valence-electron chi connectivity index (χ0n) is 18.5. The van der Waals surface area contributed by atoms with Crippen LogP contribution in [0.1, 0.15) is 45.8 Å². The summed E-state index contributed by atoms with van der Waals surface area (Å²) >= 11 is 0. The van der Waals surface area contributed by atoms with E-state index in [2.05, 4.69) is 30.6 Å². The average molecular weight is 485 g/mol. The van der Waals surface area contributed by atoms with Gasteiger partial charge in [-0.2, -0.15) is 13.2 Å². The molecule has 4 N–H and O–H groups in total. The second kappa shape index (κ2) is 9.12. The number of halogens is 4. The van der Waals surface area contributed by atoms with Gasteiger partial charge in [-0.3, -0.25) is 15.2 Å². The molecule has 0 aliphatic heterocycles. The molecule has 3 aromatic heterocycles. The highest BCUT2D eigenvalue weighted by Crippen LogP contribution is 2.30. The van der Waals surface area contributed by atoms with Gasteiger partial charge >= 0.3 is 6.18 Å². The lowest BCUT2D eigenvalue weighted by molar-refractivity contribution is -0.137. The summed E-state index contributed by atoms with van der Waals surface area (Å²) in [6, 6.07) is 4.79. The van der Waals surface area contributed by atoms with Crippen molar-refractivity contribution in [2.24, 2.45) is 0 Å². The summed E-state index contributed by atoms with van der Waals surface area (Å²) in [6.45, 7) is 1.51. The maximum atomic E-state index is 13.6. The normalized spacial score (nSPS) is 12.4. The van der Waals surface area contributed by atoms with Crippen LogP contribution in [0.2, 0.25) is 0 Å². The Labute approximate surface area is 196 Å². The molecule has 0 bridgehead atoms. The fraction of sp³-hybridized carbons (Fsp3) is 0.174. The van der Waals surface area contributed by atoms with Gasteiger partial charge in [0.1, 0.15) is 17.0 Å². The molecule has 0 saturated carbocycles. The van der Waals surface area contributed by atoms with Gasteiger partial charge in [0.25, 0.3) is 5.91 Å². The van der Waals surface area contributed by atoms with Crippen LogP contribution in [0.3, 0.4) is 0 Å². The predicted octanol–water partition coefficient (Wildman–Crippen LogP) is 4.46. The van der Waals surface area contributed by atoms with Gasteiger partial charge in [0.15, 0.2) is 5.65 Å². The zero-order chi connectivity index (χ0) is 25.3. The highest BCUT2D eigenvalue weighted by Gasteiger charge is 2.31. The van der Waals surface area contributed by atoms with Gasteiger partial charge in [0.05, 0.1) is 34.8 Å². The van der Waals surface area contributed by atoms with Crippen molar-refractivity contribution in [3.63, 3.8) is 0 Å². The van der Waals surface area contributed by atoms with Crippen LogP contribution in [0.5, 0.6) is 0 Å². The van der Waals surface area contributed by atoms with Gasteiger partial charge in [-0.05, 0) is 37.3 Å². The predicted molar refractivity (Wildman–Crippen MR) is 121 cm³/mol. The molecule has 0 spiro atoms. The maximum Gasteiger partial charge on any atom is 0.416 e. The summed E-state index contributed by atoms with van der Waals surface area (Å²) in [4.78, 5) is 28.3. The third-order valence-electron chi connectivity index (χ3n) is 5.30. The molecule has 8 nitrogen and oxygen atoms in total.